The average Bonchev–Trinajstić information content (AvgIpc) is 2.48. The zero-order chi connectivity index (χ0) is 13.5. The quantitative estimate of drug-likeness (QED) is 0.814. The van der Waals surface area contributed by atoms with Crippen molar-refractivity contribution in [2.45, 2.75) is 18.8 Å². The average molecular weight is 258 g/mol. The lowest BCUT2D eigenvalue weighted by Gasteiger charge is -2.32. The summed E-state index contributed by atoms with van der Waals surface area (Å²) in [6, 6.07) is 12.5. The Balaban J connectivity index is 1.86. The fourth-order valence-electron chi connectivity index (χ4n) is 2.74. The Hall–Kier alpha value is -1.37. The smallest absolute Gasteiger partial charge is 0.0839 e. The monoisotopic (exact) mass is 258 g/mol. The minimum absolute atomic E-state index is 0.0137. The lowest BCUT2D eigenvalue weighted by Crippen LogP contribution is -2.37. The van der Waals surface area contributed by atoms with Crippen molar-refractivity contribution >= 4 is 0 Å². The van der Waals surface area contributed by atoms with Gasteiger partial charge in [0.2, 0.25) is 0 Å². The molecule has 3 heteroatoms. The zero-order valence-electron chi connectivity index (χ0n) is 11.6. The van der Waals surface area contributed by atoms with E-state index in [1.807, 2.05) is 30.3 Å². The highest BCUT2D eigenvalue weighted by Crippen LogP contribution is 2.21. The van der Waals surface area contributed by atoms with Crippen LogP contribution in [0.2, 0.25) is 0 Å². The summed E-state index contributed by atoms with van der Waals surface area (Å²) in [5, 5.41) is 9.35. The summed E-state index contributed by atoms with van der Waals surface area (Å²) in [5.74, 6) is 0.679. The third-order valence-corrected chi connectivity index (χ3v) is 3.91. The molecule has 0 radical (unpaired) electrons. The van der Waals surface area contributed by atoms with Crippen LogP contribution < -0.4 is 0 Å². The maximum absolute atomic E-state index is 9.35. The Kier molecular flexibility index (Phi) is 5.38. The lowest BCUT2D eigenvalue weighted by molar-refractivity contribution is 0.0987. The van der Waals surface area contributed by atoms with Gasteiger partial charge in [-0.25, -0.2) is 0 Å². The molecule has 1 saturated heterocycles. The molecule has 0 N–H and O–H groups in total. The molecule has 1 fully saturated rings. The van der Waals surface area contributed by atoms with E-state index in [4.69, 9.17) is 4.74 Å². The Morgan fingerprint density at radius 3 is 2.58 bits per heavy atom. The first-order chi connectivity index (χ1) is 9.33. The van der Waals surface area contributed by atoms with Crippen LogP contribution >= 0.6 is 0 Å². The van der Waals surface area contributed by atoms with Crippen LogP contribution in [0.25, 0.3) is 0 Å². The van der Waals surface area contributed by atoms with Crippen LogP contribution in [-0.2, 0) is 4.74 Å². The summed E-state index contributed by atoms with van der Waals surface area (Å²) in [4.78, 5) is 2.41. The molecule has 1 aliphatic heterocycles. The molecule has 0 saturated carbocycles. The van der Waals surface area contributed by atoms with Crippen LogP contribution in [0.4, 0.5) is 0 Å². The first-order valence-electron chi connectivity index (χ1n) is 6.99. The molecule has 0 aliphatic carbocycles. The van der Waals surface area contributed by atoms with Gasteiger partial charge in [0.1, 0.15) is 0 Å². The fourth-order valence-corrected chi connectivity index (χ4v) is 2.74. The standard InChI is InChI=1S/C16H22N2O/c1-19-13-14-7-9-18(10-8-14)12-16(11-17)15-5-3-2-4-6-15/h2-6,14,16H,7-10,12-13H2,1H3. The molecule has 0 bridgehead atoms. The van der Waals surface area contributed by atoms with Gasteiger partial charge in [0.15, 0.2) is 0 Å². The van der Waals surface area contributed by atoms with E-state index >= 15 is 0 Å². The van der Waals surface area contributed by atoms with Crippen molar-refractivity contribution in [3.05, 3.63) is 35.9 Å². The van der Waals surface area contributed by atoms with Crippen molar-refractivity contribution in [2.75, 3.05) is 33.4 Å². The summed E-state index contributed by atoms with van der Waals surface area (Å²) in [5.41, 5.74) is 1.13. The number of likely N-dealkylation sites (tertiary alicyclic amines) is 1. The number of nitrogens with zero attached hydrogens (tertiary/aromatic N) is 2. The minimum atomic E-state index is -0.0137. The van der Waals surface area contributed by atoms with E-state index in [1.165, 1.54) is 12.8 Å². The lowest BCUT2D eigenvalue weighted by atomic mass is 9.95. The van der Waals surface area contributed by atoms with Gasteiger partial charge in [-0.2, -0.15) is 5.26 Å². The molecule has 1 unspecified atom stereocenters. The second kappa shape index (κ2) is 7.28. The Labute approximate surface area is 115 Å². The number of ether oxygens (including phenoxy) is 1. The summed E-state index contributed by atoms with van der Waals surface area (Å²) < 4.78 is 5.22. The molecule has 102 valence electrons. The normalized spacial score (nSPS) is 18.9. The van der Waals surface area contributed by atoms with Crippen molar-refractivity contribution < 1.29 is 4.74 Å². The first-order valence-corrected chi connectivity index (χ1v) is 6.99. The largest absolute Gasteiger partial charge is 0.384 e. The molecule has 0 aromatic heterocycles. The molecule has 0 spiro atoms. The molecular weight excluding hydrogens is 236 g/mol. The van der Waals surface area contributed by atoms with Crippen LogP contribution in [0.5, 0.6) is 0 Å². The van der Waals surface area contributed by atoms with Gasteiger partial charge in [-0.3, -0.25) is 0 Å². The van der Waals surface area contributed by atoms with Crippen LogP contribution in [0, 0.1) is 17.2 Å². The molecule has 19 heavy (non-hydrogen) atoms. The van der Waals surface area contributed by atoms with Crippen molar-refractivity contribution in [1.29, 1.82) is 5.26 Å². The predicted molar refractivity (Wildman–Crippen MR) is 75.8 cm³/mol. The highest BCUT2D eigenvalue weighted by Gasteiger charge is 2.22. The molecule has 2 rings (SSSR count). The van der Waals surface area contributed by atoms with Gasteiger partial charge in [0, 0.05) is 20.3 Å². The van der Waals surface area contributed by atoms with Crippen LogP contribution in [0.15, 0.2) is 30.3 Å². The second-order valence-electron chi connectivity index (χ2n) is 5.29. The van der Waals surface area contributed by atoms with E-state index in [1.54, 1.807) is 7.11 Å². The van der Waals surface area contributed by atoms with Crippen molar-refractivity contribution in [2.24, 2.45) is 5.92 Å². The fraction of sp³-hybridized carbons (Fsp3) is 0.562. The van der Waals surface area contributed by atoms with E-state index in [-0.39, 0.29) is 5.92 Å². The Morgan fingerprint density at radius 1 is 1.32 bits per heavy atom. The van der Waals surface area contributed by atoms with Crippen molar-refractivity contribution in [3.8, 4) is 6.07 Å². The van der Waals surface area contributed by atoms with E-state index < -0.39 is 0 Å². The maximum Gasteiger partial charge on any atom is 0.0839 e. The maximum atomic E-state index is 9.35. The molecule has 3 nitrogen and oxygen atoms in total. The van der Waals surface area contributed by atoms with Gasteiger partial charge < -0.3 is 9.64 Å². The number of hydrogen-bond acceptors (Lipinski definition) is 3. The first kappa shape index (κ1) is 14.0. The predicted octanol–water partition coefficient (Wildman–Crippen LogP) is 2.65. The van der Waals surface area contributed by atoms with Crippen LogP contribution in [0.1, 0.15) is 24.3 Å². The molecule has 1 aliphatic rings. The number of nitriles is 1. The number of piperidine rings is 1. The van der Waals surface area contributed by atoms with E-state index in [2.05, 4.69) is 11.0 Å². The topological polar surface area (TPSA) is 36.3 Å². The van der Waals surface area contributed by atoms with Gasteiger partial charge in [-0.05, 0) is 37.4 Å². The van der Waals surface area contributed by atoms with E-state index in [9.17, 15) is 5.26 Å². The molecular formula is C16H22N2O. The summed E-state index contributed by atoms with van der Waals surface area (Å²) in [6.45, 7) is 3.88. The number of rotatable bonds is 5. The number of hydrogen-bond donors (Lipinski definition) is 0. The van der Waals surface area contributed by atoms with Gasteiger partial charge in [-0.15, -0.1) is 0 Å². The SMILES string of the molecule is COCC1CCN(CC(C#N)c2ccccc2)CC1. The van der Waals surface area contributed by atoms with Gasteiger partial charge in [0.05, 0.1) is 12.0 Å². The molecule has 1 aromatic carbocycles. The number of methoxy groups -OCH3 is 1. The van der Waals surface area contributed by atoms with E-state index in [0.29, 0.717) is 5.92 Å². The van der Waals surface area contributed by atoms with Crippen molar-refractivity contribution in [3.63, 3.8) is 0 Å². The van der Waals surface area contributed by atoms with Gasteiger partial charge in [-0.1, -0.05) is 30.3 Å². The third-order valence-electron chi connectivity index (χ3n) is 3.91. The summed E-state index contributed by atoms with van der Waals surface area (Å²) >= 11 is 0. The highest BCUT2D eigenvalue weighted by molar-refractivity contribution is 5.25. The zero-order valence-corrected chi connectivity index (χ0v) is 11.6. The third kappa shape index (κ3) is 4.05. The molecule has 0 amide bonds. The van der Waals surface area contributed by atoms with E-state index in [0.717, 1.165) is 31.8 Å². The summed E-state index contributed by atoms with van der Waals surface area (Å²) in [6.07, 6.45) is 2.36. The van der Waals surface area contributed by atoms with Crippen LogP contribution in [-0.4, -0.2) is 38.3 Å². The molecule has 1 atom stereocenters. The Bertz CT molecular complexity index is 405. The van der Waals surface area contributed by atoms with Crippen molar-refractivity contribution in [1.82, 2.24) is 4.90 Å². The van der Waals surface area contributed by atoms with Crippen LogP contribution in [0.3, 0.4) is 0 Å². The second-order valence-corrected chi connectivity index (χ2v) is 5.29. The van der Waals surface area contributed by atoms with Gasteiger partial charge >= 0.3 is 0 Å². The minimum Gasteiger partial charge on any atom is -0.384 e. The highest BCUT2D eigenvalue weighted by atomic mass is 16.5. The van der Waals surface area contributed by atoms with Gasteiger partial charge in [0.25, 0.3) is 0 Å². The summed E-state index contributed by atoms with van der Waals surface area (Å²) in [7, 11) is 1.77. The molecule has 1 aromatic rings. The molecule has 1 heterocycles. The Morgan fingerprint density at radius 2 is 2.00 bits per heavy atom. The number of benzene rings is 1.